The Labute approximate surface area is 167 Å². The number of ether oxygens (including phenoxy) is 3. The Balaban J connectivity index is 1.52. The summed E-state index contributed by atoms with van der Waals surface area (Å²) < 4.78 is 16.3. The number of fused-ring (bicyclic) bond motifs is 2. The van der Waals surface area contributed by atoms with Gasteiger partial charge in [0.25, 0.3) is 5.91 Å². The maximum Gasteiger partial charge on any atom is 0.337 e. The first-order valence-electron chi connectivity index (χ1n) is 9.02. The maximum atomic E-state index is 13.1. The van der Waals surface area contributed by atoms with Gasteiger partial charge in [0, 0.05) is 6.20 Å². The van der Waals surface area contributed by atoms with Crippen LogP contribution in [0.1, 0.15) is 20.7 Å². The molecular formula is C22H18N2O5. The molecule has 1 amide bonds. The lowest BCUT2D eigenvalue weighted by Gasteiger charge is -2.22. The number of pyridine rings is 1. The van der Waals surface area contributed by atoms with Crippen molar-refractivity contribution in [1.29, 1.82) is 0 Å². The molecule has 7 heteroatoms. The van der Waals surface area contributed by atoms with Gasteiger partial charge >= 0.3 is 5.97 Å². The SMILES string of the molecule is COC(=O)c1ccc(OCCN2C(=O)c3cccnc3Oc3ccccc32)cc1. The maximum absolute atomic E-state index is 13.1. The number of nitrogens with zero attached hydrogens (tertiary/aromatic N) is 2. The van der Waals surface area contributed by atoms with E-state index in [-0.39, 0.29) is 18.4 Å². The molecule has 0 saturated heterocycles. The Morgan fingerprint density at radius 2 is 1.86 bits per heavy atom. The highest BCUT2D eigenvalue weighted by molar-refractivity contribution is 6.09. The molecule has 1 aliphatic rings. The third-order valence-corrected chi connectivity index (χ3v) is 4.47. The number of carbonyl (C=O) groups excluding carboxylic acids is 2. The third kappa shape index (κ3) is 3.75. The van der Waals surface area contributed by atoms with Gasteiger partial charge < -0.3 is 19.1 Å². The monoisotopic (exact) mass is 390 g/mol. The van der Waals surface area contributed by atoms with Crippen molar-refractivity contribution in [2.75, 3.05) is 25.2 Å². The number of aromatic nitrogens is 1. The first kappa shape index (κ1) is 18.5. The molecular weight excluding hydrogens is 372 g/mol. The smallest absolute Gasteiger partial charge is 0.337 e. The molecule has 2 heterocycles. The second-order valence-electron chi connectivity index (χ2n) is 6.25. The average molecular weight is 390 g/mol. The summed E-state index contributed by atoms with van der Waals surface area (Å²) in [7, 11) is 1.33. The average Bonchev–Trinajstić information content (AvgIpc) is 2.88. The van der Waals surface area contributed by atoms with Crippen LogP contribution < -0.4 is 14.4 Å². The summed E-state index contributed by atoms with van der Waals surface area (Å²) in [6.45, 7) is 0.569. The number of amides is 1. The minimum atomic E-state index is -0.407. The molecule has 0 aliphatic carbocycles. The number of para-hydroxylation sites is 2. The van der Waals surface area contributed by atoms with E-state index in [2.05, 4.69) is 9.72 Å². The van der Waals surface area contributed by atoms with Gasteiger partial charge in [0.15, 0.2) is 5.75 Å². The highest BCUT2D eigenvalue weighted by atomic mass is 16.5. The zero-order chi connectivity index (χ0) is 20.2. The molecule has 3 aromatic rings. The number of esters is 1. The summed E-state index contributed by atoms with van der Waals surface area (Å²) >= 11 is 0. The summed E-state index contributed by atoms with van der Waals surface area (Å²) in [5, 5.41) is 0. The Morgan fingerprint density at radius 1 is 1.07 bits per heavy atom. The normalized spacial score (nSPS) is 12.3. The molecule has 2 aromatic carbocycles. The first-order chi connectivity index (χ1) is 14.2. The fraction of sp³-hybridized carbons (Fsp3) is 0.136. The van der Waals surface area contributed by atoms with Gasteiger partial charge in [-0.3, -0.25) is 4.79 Å². The lowest BCUT2D eigenvalue weighted by molar-refractivity contribution is 0.0600. The zero-order valence-corrected chi connectivity index (χ0v) is 15.7. The van der Waals surface area contributed by atoms with Gasteiger partial charge in [-0.1, -0.05) is 12.1 Å². The first-order valence-corrected chi connectivity index (χ1v) is 9.02. The number of carbonyl (C=O) groups is 2. The van der Waals surface area contributed by atoms with Crippen LogP contribution >= 0.6 is 0 Å². The van der Waals surface area contributed by atoms with Crippen molar-refractivity contribution >= 4 is 17.6 Å². The quantitative estimate of drug-likeness (QED) is 0.618. The summed E-state index contributed by atoms with van der Waals surface area (Å²) in [4.78, 5) is 30.4. The Morgan fingerprint density at radius 3 is 2.66 bits per heavy atom. The molecule has 1 aliphatic heterocycles. The number of anilines is 1. The van der Waals surface area contributed by atoms with Crippen LogP contribution in [0.25, 0.3) is 0 Å². The minimum absolute atomic E-state index is 0.206. The fourth-order valence-electron chi connectivity index (χ4n) is 3.04. The van der Waals surface area contributed by atoms with Crippen molar-refractivity contribution in [2.45, 2.75) is 0 Å². The number of rotatable bonds is 5. The predicted molar refractivity (Wildman–Crippen MR) is 106 cm³/mol. The van der Waals surface area contributed by atoms with E-state index in [1.54, 1.807) is 53.6 Å². The largest absolute Gasteiger partial charge is 0.492 e. The van der Waals surface area contributed by atoms with E-state index in [1.165, 1.54) is 7.11 Å². The van der Waals surface area contributed by atoms with Crippen molar-refractivity contribution in [3.63, 3.8) is 0 Å². The van der Waals surface area contributed by atoms with Gasteiger partial charge in [0.1, 0.15) is 17.9 Å². The van der Waals surface area contributed by atoms with Gasteiger partial charge in [-0.2, -0.15) is 0 Å². The van der Waals surface area contributed by atoms with Gasteiger partial charge in [0.2, 0.25) is 5.88 Å². The molecule has 0 fully saturated rings. The predicted octanol–water partition coefficient (Wildman–Crippen LogP) is 3.70. The van der Waals surface area contributed by atoms with Crippen molar-refractivity contribution in [3.05, 3.63) is 78.0 Å². The molecule has 0 N–H and O–H groups in total. The highest BCUT2D eigenvalue weighted by Gasteiger charge is 2.28. The van der Waals surface area contributed by atoms with E-state index in [0.717, 1.165) is 0 Å². The number of benzene rings is 2. The number of methoxy groups -OCH3 is 1. The fourth-order valence-corrected chi connectivity index (χ4v) is 3.04. The Kier molecular flexibility index (Phi) is 5.11. The second-order valence-corrected chi connectivity index (χ2v) is 6.25. The molecule has 0 atom stereocenters. The van der Waals surface area contributed by atoms with Crippen LogP contribution in [0.2, 0.25) is 0 Å². The van der Waals surface area contributed by atoms with Crippen LogP contribution in [0.4, 0.5) is 5.69 Å². The second kappa shape index (κ2) is 8.02. The Bertz CT molecular complexity index is 1050. The molecule has 0 radical (unpaired) electrons. The summed E-state index contributed by atoms with van der Waals surface area (Å²) in [6, 6.07) is 17.3. The molecule has 1 aromatic heterocycles. The van der Waals surface area contributed by atoms with E-state index in [1.807, 2.05) is 18.2 Å². The molecule has 0 bridgehead atoms. The highest BCUT2D eigenvalue weighted by Crippen LogP contribution is 2.37. The number of hydrogen-bond donors (Lipinski definition) is 0. The van der Waals surface area contributed by atoms with Gasteiger partial charge in [0.05, 0.1) is 24.9 Å². The van der Waals surface area contributed by atoms with Gasteiger partial charge in [-0.15, -0.1) is 0 Å². The van der Waals surface area contributed by atoms with Gasteiger partial charge in [-0.05, 0) is 48.5 Å². The van der Waals surface area contributed by atoms with Crippen molar-refractivity contribution in [1.82, 2.24) is 4.98 Å². The Hall–Kier alpha value is -3.87. The van der Waals surface area contributed by atoms with Crippen molar-refractivity contribution in [2.24, 2.45) is 0 Å². The minimum Gasteiger partial charge on any atom is -0.492 e. The van der Waals surface area contributed by atoms with E-state index in [4.69, 9.17) is 9.47 Å². The van der Waals surface area contributed by atoms with E-state index in [0.29, 0.717) is 34.9 Å². The van der Waals surface area contributed by atoms with Crippen molar-refractivity contribution < 1.29 is 23.8 Å². The van der Waals surface area contributed by atoms with E-state index < -0.39 is 5.97 Å². The van der Waals surface area contributed by atoms with Crippen LogP contribution in [0, 0.1) is 0 Å². The standard InChI is InChI=1S/C22H18N2O5/c1-27-22(26)15-8-10-16(11-9-15)28-14-13-24-18-6-2-3-7-19(18)29-20-17(21(24)25)5-4-12-23-20/h2-12H,13-14H2,1H3. The third-order valence-electron chi connectivity index (χ3n) is 4.47. The van der Waals surface area contributed by atoms with E-state index >= 15 is 0 Å². The summed E-state index contributed by atoms with van der Waals surface area (Å²) in [5.74, 6) is 0.817. The zero-order valence-electron chi connectivity index (χ0n) is 15.7. The van der Waals surface area contributed by atoms with Crippen LogP contribution in [-0.4, -0.2) is 37.1 Å². The van der Waals surface area contributed by atoms with Crippen LogP contribution in [-0.2, 0) is 4.74 Å². The molecule has 0 unspecified atom stereocenters. The van der Waals surface area contributed by atoms with Crippen LogP contribution in [0.5, 0.6) is 17.4 Å². The van der Waals surface area contributed by atoms with Crippen LogP contribution in [0.3, 0.4) is 0 Å². The van der Waals surface area contributed by atoms with Crippen molar-refractivity contribution in [3.8, 4) is 17.4 Å². The topological polar surface area (TPSA) is 78.0 Å². The van der Waals surface area contributed by atoms with E-state index in [9.17, 15) is 9.59 Å². The molecule has 29 heavy (non-hydrogen) atoms. The van der Waals surface area contributed by atoms with Crippen LogP contribution in [0.15, 0.2) is 66.9 Å². The lowest BCUT2D eigenvalue weighted by Crippen LogP contribution is -2.34. The number of hydrogen-bond acceptors (Lipinski definition) is 6. The molecule has 7 nitrogen and oxygen atoms in total. The van der Waals surface area contributed by atoms with Gasteiger partial charge in [-0.25, -0.2) is 9.78 Å². The summed E-state index contributed by atoms with van der Waals surface area (Å²) in [5.41, 5.74) is 1.49. The molecule has 146 valence electrons. The molecule has 0 spiro atoms. The molecule has 0 saturated carbocycles. The lowest BCUT2D eigenvalue weighted by atomic mass is 10.2. The molecule has 4 rings (SSSR count). The summed E-state index contributed by atoms with van der Waals surface area (Å²) in [6.07, 6.45) is 1.59.